The molecule has 2 aromatic rings. The van der Waals surface area contributed by atoms with Gasteiger partial charge >= 0.3 is 5.97 Å². The third-order valence-electron chi connectivity index (χ3n) is 3.46. The van der Waals surface area contributed by atoms with Gasteiger partial charge in [0.15, 0.2) is 5.69 Å². The first-order chi connectivity index (χ1) is 11.8. The van der Waals surface area contributed by atoms with Crippen LogP contribution in [0.2, 0.25) is 5.02 Å². The predicted molar refractivity (Wildman–Crippen MR) is 93.6 cm³/mol. The van der Waals surface area contributed by atoms with Gasteiger partial charge in [0.25, 0.3) is 0 Å². The van der Waals surface area contributed by atoms with Gasteiger partial charge in [0.2, 0.25) is 5.91 Å². The molecule has 0 aliphatic carbocycles. The largest absolute Gasteiger partial charge is 0.458 e. The van der Waals surface area contributed by atoms with Crippen LogP contribution in [0.25, 0.3) is 0 Å². The Hall–Kier alpha value is -2.35. The normalized spacial score (nSPS) is 12.2. The zero-order valence-corrected chi connectivity index (χ0v) is 15.4. The number of hydrogen-bond acceptors (Lipinski definition) is 5. The molecule has 1 N–H and O–H groups in total. The number of nitrogens with one attached hydrogen (secondary N) is 1. The lowest BCUT2D eigenvalue weighted by atomic mass is 10.2. The average molecular weight is 368 g/mol. The van der Waals surface area contributed by atoms with E-state index in [9.17, 15) is 9.59 Å². The molecule has 25 heavy (non-hydrogen) atoms. The molecular formula is C16H22ClN5O3. The highest BCUT2D eigenvalue weighted by Gasteiger charge is 2.25. The molecule has 0 aliphatic rings. The first-order valence-electron chi connectivity index (χ1n) is 8.14. The molecule has 8 nitrogen and oxygen atoms in total. The summed E-state index contributed by atoms with van der Waals surface area (Å²) in [4.78, 5) is 24.9. The van der Waals surface area contributed by atoms with Gasteiger partial charge in [-0.15, -0.1) is 0 Å². The van der Waals surface area contributed by atoms with Crippen LogP contribution in [0.1, 0.15) is 50.6 Å². The Bertz CT molecular complexity index is 753. The molecule has 0 fully saturated rings. The zero-order chi connectivity index (χ0) is 18.6. The molecule has 0 radical (unpaired) electrons. The van der Waals surface area contributed by atoms with Crippen LogP contribution < -0.4 is 5.32 Å². The van der Waals surface area contributed by atoms with Crippen molar-refractivity contribution in [3.05, 3.63) is 29.3 Å². The highest BCUT2D eigenvalue weighted by molar-refractivity contribution is 6.30. The number of halogens is 1. The topological polar surface area (TPSA) is 91.0 Å². The number of ether oxygens (including phenoxy) is 1. The molecule has 9 heteroatoms. The molecule has 0 saturated heterocycles. The summed E-state index contributed by atoms with van der Waals surface area (Å²) in [6, 6.07) is -0.550. The number of rotatable bonds is 7. The molecule has 0 spiro atoms. The molecule has 2 rings (SSSR count). The number of aryl methyl sites for hydroxylation is 1. The minimum absolute atomic E-state index is 0.0808. The minimum Gasteiger partial charge on any atom is -0.458 e. The van der Waals surface area contributed by atoms with Crippen LogP contribution in [0.15, 0.2) is 18.6 Å². The number of aromatic nitrogens is 4. The fourth-order valence-corrected chi connectivity index (χ4v) is 2.43. The summed E-state index contributed by atoms with van der Waals surface area (Å²) in [6.07, 6.45) is 4.89. The molecular weight excluding hydrogens is 346 g/mol. The summed E-state index contributed by atoms with van der Waals surface area (Å²) < 4.78 is 8.25. The standard InChI is InChI=1S/C16H22ClN5O3/c1-5-13(22-8-11(17)7-18-22)15(23)19-12-9-21(6-2)20-14(12)16(24)25-10(3)4/h7-10,13H,5-6H2,1-4H3,(H,19,23). The molecule has 0 aromatic carbocycles. The lowest BCUT2D eigenvalue weighted by Crippen LogP contribution is -2.26. The van der Waals surface area contributed by atoms with E-state index in [1.165, 1.54) is 10.9 Å². The van der Waals surface area contributed by atoms with Gasteiger partial charge in [0, 0.05) is 18.9 Å². The summed E-state index contributed by atoms with van der Waals surface area (Å²) in [7, 11) is 0. The minimum atomic E-state index is -0.576. The number of carbonyl (C=O) groups excluding carboxylic acids is 2. The Morgan fingerprint density at radius 2 is 2.04 bits per heavy atom. The van der Waals surface area contributed by atoms with E-state index in [4.69, 9.17) is 16.3 Å². The smallest absolute Gasteiger partial charge is 0.361 e. The van der Waals surface area contributed by atoms with Gasteiger partial charge in [-0.1, -0.05) is 18.5 Å². The number of amides is 1. The fraction of sp³-hybridized carbons (Fsp3) is 0.500. The van der Waals surface area contributed by atoms with Gasteiger partial charge in [-0.05, 0) is 27.2 Å². The number of nitrogens with zero attached hydrogens (tertiary/aromatic N) is 4. The number of anilines is 1. The van der Waals surface area contributed by atoms with Crippen molar-refractivity contribution in [2.24, 2.45) is 0 Å². The van der Waals surface area contributed by atoms with E-state index in [0.717, 1.165) is 0 Å². The fourth-order valence-electron chi connectivity index (χ4n) is 2.29. The maximum Gasteiger partial charge on any atom is 0.361 e. The lowest BCUT2D eigenvalue weighted by molar-refractivity contribution is -0.119. The van der Waals surface area contributed by atoms with Crippen LogP contribution in [-0.4, -0.2) is 37.5 Å². The summed E-state index contributed by atoms with van der Waals surface area (Å²) in [5, 5.41) is 11.5. The zero-order valence-electron chi connectivity index (χ0n) is 14.7. The third kappa shape index (κ3) is 4.60. The van der Waals surface area contributed by atoms with Crippen LogP contribution in [0.3, 0.4) is 0 Å². The summed E-state index contributed by atoms with van der Waals surface area (Å²) in [5.41, 5.74) is 0.395. The first kappa shape index (κ1) is 19.0. The SMILES string of the molecule is CCC(C(=O)Nc1cn(CC)nc1C(=O)OC(C)C)n1cc(Cl)cn1. The van der Waals surface area contributed by atoms with Crippen molar-refractivity contribution in [1.82, 2.24) is 19.6 Å². The molecule has 136 valence electrons. The number of carbonyl (C=O) groups is 2. The van der Waals surface area contributed by atoms with Crippen LogP contribution in [0, 0.1) is 0 Å². The second-order valence-corrected chi connectivity index (χ2v) is 6.19. The van der Waals surface area contributed by atoms with Gasteiger partial charge < -0.3 is 10.1 Å². The average Bonchev–Trinajstić information content (AvgIpc) is 3.14. The monoisotopic (exact) mass is 367 g/mol. The molecule has 0 aliphatic heterocycles. The van der Waals surface area contributed by atoms with Gasteiger partial charge in [0.1, 0.15) is 6.04 Å². The molecule has 1 unspecified atom stereocenters. The summed E-state index contributed by atoms with van der Waals surface area (Å²) in [6.45, 7) is 7.81. The quantitative estimate of drug-likeness (QED) is 0.760. The van der Waals surface area contributed by atoms with Crippen LogP contribution in [-0.2, 0) is 16.1 Å². The molecule has 0 bridgehead atoms. The molecule has 2 aromatic heterocycles. The van der Waals surface area contributed by atoms with E-state index in [1.54, 1.807) is 30.9 Å². The van der Waals surface area contributed by atoms with E-state index in [-0.39, 0.29) is 17.7 Å². The molecule has 2 heterocycles. The van der Waals surface area contributed by atoms with Crippen molar-refractivity contribution < 1.29 is 14.3 Å². The Kier molecular flexibility index (Phi) is 6.19. The summed E-state index contributed by atoms with van der Waals surface area (Å²) in [5.74, 6) is -0.885. The Balaban J connectivity index is 2.24. The first-order valence-corrected chi connectivity index (χ1v) is 8.52. The molecule has 1 amide bonds. The van der Waals surface area contributed by atoms with E-state index in [1.807, 2.05) is 13.8 Å². The van der Waals surface area contributed by atoms with Crippen molar-refractivity contribution in [3.8, 4) is 0 Å². The highest BCUT2D eigenvalue weighted by atomic mass is 35.5. The van der Waals surface area contributed by atoms with Crippen molar-refractivity contribution in [3.63, 3.8) is 0 Å². The van der Waals surface area contributed by atoms with Crippen LogP contribution >= 0.6 is 11.6 Å². The highest BCUT2D eigenvalue weighted by Crippen LogP contribution is 2.20. The van der Waals surface area contributed by atoms with E-state index in [0.29, 0.717) is 23.7 Å². The Labute approximate surface area is 151 Å². The predicted octanol–water partition coefficient (Wildman–Crippen LogP) is 2.91. The number of esters is 1. The molecule has 0 saturated carbocycles. The maximum absolute atomic E-state index is 12.6. The lowest BCUT2D eigenvalue weighted by Gasteiger charge is -2.15. The van der Waals surface area contributed by atoms with Gasteiger partial charge in [-0.3, -0.25) is 14.2 Å². The van der Waals surface area contributed by atoms with Crippen LogP contribution in [0.4, 0.5) is 5.69 Å². The van der Waals surface area contributed by atoms with Gasteiger partial charge in [-0.25, -0.2) is 4.79 Å². The Morgan fingerprint density at radius 1 is 1.32 bits per heavy atom. The van der Waals surface area contributed by atoms with E-state index in [2.05, 4.69) is 15.5 Å². The van der Waals surface area contributed by atoms with Crippen molar-refractivity contribution >= 4 is 29.2 Å². The summed E-state index contributed by atoms with van der Waals surface area (Å²) >= 11 is 5.87. The van der Waals surface area contributed by atoms with Crippen molar-refractivity contribution in [1.29, 1.82) is 0 Å². The van der Waals surface area contributed by atoms with Gasteiger partial charge in [-0.2, -0.15) is 10.2 Å². The van der Waals surface area contributed by atoms with Crippen molar-refractivity contribution in [2.45, 2.75) is 52.8 Å². The van der Waals surface area contributed by atoms with Crippen LogP contribution in [0.5, 0.6) is 0 Å². The molecule has 1 atom stereocenters. The van der Waals surface area contributed by atoms with Gasteiger partial charge in [0.05, 0.1) is 23.0 Å². The van der Waals surface area contributed by atoms with E-state index < -0.39 is 12.0 Å². The number of hydrogen-bond donors (Lipinski definition) is 1. The third-order valence-corrected chi connectivity index (χ3v) is 3.65. The van der Waals surface area contributed by atoms with E-state index >= 15 is 0 Å². The Morgan fingerprint density at radius 3 is 2.56 bits per heavy atom. The van der Waals surface area contributed by atoms with Crippen molar-refractivity contribution in [2.75, 3.05) is 5.32 Å². The maximum atomic E-state index is 12.6. The second kappa shape index (κ2) is 8.15. The second-order valence-electron chi connectivity index (χ2n) is 5.75.